The van der Waals surface area contributed by atoms with Gasteiger partial charge in [0.25, 0.3) is 5.91 Å². The molecule has 3 rings (SSSR count). The first-order chi connectivity index (χ1) is 10.6. The SMILES string of the molecule is C/C=C\C(=C/C)C12Cn3cc(C)cc3C(=O)N1CCN2.CC. The smallest absolute Gasteiger partial charge is 0.272 e. The molecule has 22 heavy (non-hydrogen) atoms. The predicted octanol–water partition coefficient (Wildman–Crippen LogP) is 3.10. The van der Waals surface area contributed by atoms with Gasteiger partial charge in [0.15, 0.2) is 0 Å². The lowest BCUT2D eigenvalue weighted by Gasteiger charge is -2.43. The van der Waals surface area contributed by atoms with Gasteiger partial charge in [-0.05, 0) is 38.0 Å². The Hall–Kier alpha value is -1.81. The zero-order valence-electron chi connectivity index (χ0n) is 14.3. The van der Waals surface area contributed by atoms with E-state index in [-0.39, 0.29) is 5.91 Å². The van der Waals surface area contributed by atoms with Gasteiger partial charge in [0.1, 0.15) is 11.4 Å². The van der Waals surface area contributed by atoms with E-state index in [1.807, 2.05) is 51.7 Å². The fourth-order valence-electron chi connectivity index (χ4n) is 3.43. The molecule has 1 amide bonds. The molecule has 2 aliphatic heterocycles. The average molecular weight is 301 g/mol. The summed E-state index contributed by atoms with van der Waals surface area (Å²) in [6, 6.07) is 1.98. The Morgan fingerprint density at radius 1 is 1.36 bits per heavy atom. The number of amides is 1. The van der Waals surface area contributed by atoms with Crippen LogP contribution >= 0.6 is 0 Å². The maximum Gasteiger partial charge on any atom is 0.272 e. The van der Waals surface area contributed by atoms with Crippen LogP contribution in [0.5, 0.6) is 0 Å². The zero-order chi connectivity index (χ0) is 16.3. The van der Waals surface area contributed by atoms with Gasteiger partial charge in [-0.3, -0.25) is 10.1 Å². The number of nitrogens with zero attached hydrogens (tertiary/aromatic N) is 2. The van der Waals surface area contributed by atoms with E-state index in [2.05, 4.69) is 28.2 Å². The number of carbonyl (C=O) groups is 1. The van der Waals surface area contributed by atoms with Gasteiger partial charge in [0, 0.05) is 19.3 Å². The van der Waals surface area contributed by atoms with E-state index in [1.54, 1.807) is 0 Å². The lowest BCUT2D eigenvalue weighted by molar-refractivity contribution is 0.0516. The molecular weight excluding hydrogens is 274 g/mol. The molecule has 0 saturated carbocycles. The Bertz CT molecular complexity index is 612. The number of fused-ring (bicyclic) bond motifs is 2. The average Bonchev–Trinajstić information content (AvgIpc) is 3.11. The van der Waals surface area contributed by atoms with Crippen LogP contribution in [0.15, 0.2) is 36.1 Å². The van der Waals surface area contributed by atoms with Crippen molar-refractivity contribution in [1.82, 2.24) is 14.8 Å². The van der Waals surface area contributed by atoms with Crippen LogP contribution < -0.4 is 5.32 Å². The maximum absolute atomic E-state index is 12.8. The summed E-state index contributed by atoms with van der Waals surface area (Å²) in [7, 11) is 0. The van der Waals surface area contributed by atoms with Crippen LogP contribution in [0.4, 0.5) is 0 Å². The molecule has 0 aromatic carbocycles. The van der Waals surface area contributed by atoms with Gasteiger partial charge in [-0.2, -0.15) is 0 Å². The Morgan fingerprint density at radius 3 is 2.73 bits per heavy atom. The number of hydrogen-bond donors (Lipinski definition) is 1. The third-order valence-electron chi connectivity index (χ3n) is 4.25. The Labute approximate surface area is 133 Å². The van der Waals surface area contributed by atoms with E-state index in [0.717, 1.165) is 36.5 Å². The monoisotopic (exact) mass is 301 g/mol. The quantitative estimate of drug-likeness (QED) is 0.852. The largest absolute Gasteiger partial charge is 0.339 e. The number of hydrogen-bond acceptors (Lipinski definition) is 2. The second kappa shape index (κ2) is 6.53. The molecule has 0 bridgehead atoms. The normalized spacial score (nSPS) is 24.1. The van der Waals surface area contributed by atoms with Crippen molar-refractivity contribution in [3.63, 3.8) is 0 Å². The fraction of sp³-hybridized carbons (Fsp3) is 0.500. The highest BCUT2D eigenvalue weighted by Gasteiger charge is 2.49. The predicted molar refractivity (Wildman–Crippen MR) is 90.9 cm³/mol. The van der Waals surface area contributed by atoms with Crippen molar-refractivity contribution in [3.8, 4) is 0 Å². The molecule has 1 unspecified atom stereocenters. The Morgan fingerprint density at radius 2 is 2.09 bits per heavy atom. The van der Waals surface area contributed by atoms with Gasteiger partial charge in [-0.25, -0.2) is 0 Å². The topological polar surface area (TPSA) is 37.3 Å². The number of nitrogens with one attached hydrogen (secondary N) is 1. The van der Waals surface area contributed by atoms with E-state index in [9.17, 15) is 4.79 Å². The van der Waals surface area contributed by atoms with Crippen LogP contribution in [0.2, 0.25) is 0 Å². The van der Waals surface area contributed by atoms with Crippen LogP contribution in [0.25, 0.3) is 0 Å². The second-order valence-corrected chi connectivity index (χ2v) is 5.52. The van der Waals surface area contributed by atoms with Gasteiger partial charge in [0.2, 0.25) is 0 Å². The summed E-state index contributed by atoms with van der Waals surface area (Å²) in [5, 5.41) is 3.55. The van der Waals surface area contributed by atoms with Gasteiger partial charge in [-0.1, -0.05) is 32.1 Å². The van der Waals surface area contributed by atoms with Crippen molar-refractivity contribution < 1.29 is 4.79 Å². The van der Waals surface area contributed by atoms with Crippen molar-refractivity contribution in [2.24, 2.45) is 0 Å². The molecule has 1 N–H and O–H groups in total. The molecule has 0 spiro atoms. The van der Waals surface area contributed by atoms with E-state index in [0.29, 0.717) is 0 Å². The lowest BCUT2D eigenvalue weighted by Crippen LogP contribution is -2.60. The van der Waals surface area contributed by atoms with Gasteiger partial charge >= 0.3 is 0 Å². The molecule has 4 nitrogen and oxygen atoms in total. The summed E-state index contributed by atoms with van der Waals surface area (Å²) >= 11 is 0. The minimum atomic E-state index is -0.392. The van der Waals surface area contributed by atoms with Gasteiger partial charge in [-0.15, -0.1) is 0 Å². The zero-order valence-corrected chi connectivity index (χ0v) is 14.3. The van der Waals surface area contributed by atoms with Crippen molar-refractivity contribution in [2.45, 2.75) is 46.8 Å². The number of allylic oxidation sites excluding steroid dienone is 2. The fourth-order valence-corrected chi connectivity index (χ4v) is 3.43. The van der Waals surface area contributed by atoms with Crippen molar-refractivity contribution >= 4 is 5.91 Å². The first-order valence-corrected chi connectivity index (χ1v) is 8.15. The van der Waals surface area contributed by atoms with Crippen molar-refractivity contribution in [1.29, 1.82) is 0 Å². The molecule has 120 valence electrons. The molecule has 0 radical (unpaired) electrons. The van der Waals surface area contributed by atoms with Crippen LogP contribution in [0.1, 0.15) is 43.7 Å². The third-order valence-corrected chi connectivity index (χ3v) is 4.25. The molecule has 2 aliphatic rings. The molecule has 4 heteroatoms. The minimum absolute atomic E-state index is 0.123. The summed E-state index contributed by atoms with van der Waals surface area (Å²) in [6.45, 7) is 12.4. The molecule has 1 saturated heterocycles. The lowest BCUT2D eigenvalue weighted by atomic mass is 9.95. The van der Waals surface area contributed by atoms with Crippen LogP contribution in [-0.2, 0) is 6.54 Å². The summed E-state index contributed by atoms with van der Waals surface area (Å²) in [5.74, 6) is 0.123. The Balaban J connectivity index is 0.000000847. The Kier molecular flexibility index (Phi) is 4.91. The number of aromatic nitrogens is 1. The highest BCUT2D eigenvalue weighted by molar-refractivity contribution is 5.95. The van der Waals surface area contributed by atoms with E-state index in [4.69, 9.17) is 0 Å². The van der Waals surface area contributed by atoms with E-state index in [1.165, 1.54) is 0 Å². The second-order valence-electron chi connectivity index (χ2n) is 5.52. The highest BCUT2D eigenvalue weighted by atomic mass is 16.2. The van der Waals surface area contributed by atoms with E-state index >= 15 is 0 Å². The molecule has 1 aromatic heterocycles. The molecular formula is C18H27N3O. The molecule has 1 atom stereocenters. The summed E-state index contributed by atoms with van der Waals surface area (Å²) in [6.07, 6.45) is 8.29. The highest BCUT2D eigenvalue weighted by Crippen LogP contribution is 2.35. The molecule has 1 fully saturated rings. The van der Waals surface area contributed by atoms with Crippen molar-refractivity contribution in [3.05, 3.63) is 47.3 Å². The van der Waals surface area contributed by atoms with E-state index < -0.39 is 5.66 Å². The summed E-state index contributed by atoms with van der Waals surface area (Å²) in [5.41, 5.74) is 2.70. The third kappa shape index (κ3) is 2.41. The molecule has 1 aromatic rings. The number of rotatable bonds is 2. The number of aryl methyl sites for hydroxylation is 1. The molecule has 0 aliphatic carbocycles. The first kappa shape index (κ1) is 16.6. The minimum Gasteiger partial charge on any atom is -0.339 e. The summed E-state index contributed by atoms with van der Waals surface area (Å²) in [4.78, 5) is 14.7. The van der Waals surface area contributed by atoms with Crippen LogP contribution in [0, 0.1) is 6.92 Å². The van der Waals surface area contributed by atoms with Gasteiger partial charge < -0.3 is 9.47 Å². The van der Waals surface area contributed by atoms with Crippen LogP contribution in [-0.4, -0.2) is 34.1 Å². The maximum atomic E-state index is 12.8. The van der Waals surface area contributed by atoms with Gasteiger partial charge in [0.05, 0.1) is 6.54 Å². The standard InChI is InChI=1S/C16H21N3O.C2H6/c1-4-6-13(5-2)16-11-18-10-12(3)9-14(18)15(20)19(16)8-7-17-16;1-2/h4-6,9-10,17H,7-8,11H2,1-3H3;1-2H3/b6-4-,13-5+;. The first-order valence-electron chi connectivity index (χ1n) is 8.15. The van der Waals surface area contributed by atoms with Crippen molar-refractivity contribution in [2.75, 3.05) is 13.1 Å². The van der Waals surface area contributed by atoms with Crippen LogP contribution in [0.3, 0.4) is 0 Å². The molecule has 3 heterocycles. The summed E-state index contributed by atoms with van der Waals surface area (Å²) < 4.78 is 2.08. The number of carbonyl (C=O) groups excluding carboxylic acids is 1.